The molecule has 31 heavy (non-hydrogen) atoms. The number of benzene rings is 3. The number of nitrogens with zero attached hydrogens (tertiary/aromatic N) is 1. The molecule has 0 saturated heterocycles. The summed E-state index contributed by atoms with van der Waals surface area (Å²) in [6.45, 7) is 6.37. The maximum atomic E-state index is 14.1. The molecule has 5 heteroatoms. The molecule has 4 nitrogen and oxygen atoms in total. The number of hydrogen-bond acceptors (Lipinski definition) is 3. The standard InChI is InChI=1S/C26H28NO3P/c1-4-29-31(28,30-5-2)26-23-17-11-10-16-22(23)25(19-21-14-7-6-8-15-21)27(26)24-18-12-9-13-20(24)3/h6-18H,4-5,19H2,1-3H3. The fraction of sp³-hybridized carbons (Fsp3) is 0.231. The minimum absolute atomic E-state index is 0.304. The Hall–Kier alpha value is -2.65. The Morgan fingerprint density at radius 3 is 2.00 bits per heavy atom. The molecule has 0 atom stereocenters. The van der Waals surface area contributed by atoms with Gasteiger partial charge in [0.1, 0.15) is 5.44 Å². The van der Waals surface area contributed by atoms with Gasteiger partial charge >= 0.3 is 7.60 Å². The van der Waals surface area contributed by atoms with E-state index in [1.807, 2.05) is 62.4 Å². The van der Waals surface area contributed by atoms with Crippen LogP contribution in [0.1, 0.15) is 30.7 Å². The van der Waals surface area contributed by atoms with Gasteiger partial charge in [0.25, 0.3) is 0 Å². The second kappa shape index (κ2) is 9.23. The molecular formula is C26H28NO3P. The fourth-order valence-corrected chi connectivity index (χ4v) is 6.07. The first-order valence-electron chi connectivity index (χ1n) is 10.7. The smallest absolute Gasteiger partial charge is 0.305 e. The molecule has 160 valence electrons. The quantitative estimate of drug-likeness (QED) is 0.301. The topological polar surface area (TPSA) is 40.5 Å². The lowest BCUT2D eigenvalue weighted by atomic mass is 10.1. The Kier molecular flexibility index (Phi) is 6.43. The number of aromatic nitrogens is 1. The van der Waals surface area contributed by atoms with Crippen LogP contribution in [0.3, 0.4) is 0 Å². The van der Waals surface area contributed by atoms with Crippen molar-refractivity contribution >= 4 is 23.8 Å². The van der Waals surface area contributed by atoms with Gasteiger partial charge in [-0.1, -0.05) is 72.8 Å². The van der Waals surface area contributed by atoms with Crippen LogP contribution in [0.4, 0.5) is 0 Å². The third-order valence-electron chi connectivity index (χ3n) is 5.39. The molecule has 0 spiro atoms. The van der Waals surface area contributed by atoms with E-state index in [2.05, 4.69) is 41.8 Å². The first kappa shape index (κ1) is 21.6. The Morgan fingerprint density at radius 2 is 1.35 bits per heavy atom. The maximum Gasteiger partial charge on any atom is 0.378 e. The van der Waals surface area contributed by atoms with Crippen LogP contribution in [-0.2, 0) is 20.0 Å². The van der Waals surface area contributed by atoms with E-state index in [-0.39, 0.29) is 0 Å². The van der Waals surface area contributed by atoms with Gasteiger partial charge in [-0.25, -0.2) is 0 Å². The third kappa shape index (κ3) is 4.12. The van der Waals surface area contributed by atoms with E-state index >= 15 is 0 Å². The van der Waals surface area contributed by atoms with Crippen LogP contribution in [-0.4, -0.2) is 17.8 Å². The normalized spacial score (nSPS) is 11.8. The largest absolute Gasteiger partial charge is 0.378 e. The Morgan fingerprint density at radius 1 is 0.774 bits per heavy atom. The summed E-state index contributed by atoms with van der Waals surface area (Å²) in [5.74, 6) is 0. The molecule has 0 radical (unpaired) electrons. The molecule has 0 amide bonds. The van der Waals surface area contributed by atoms with E-state index in [1.54, 1.807) is 0 Å². The van der Waals surface area contributed by atoms with Crippen LogP contribution < -0.4 is 5.44 Å². The van der Waals surface area contributed by atoms with Gasteiger partial charge in [-0.2, -0.15) is 0 Å². The van der Waals surface area contributed by atoms with Crippen molar-refractivity contribution in [2.24, 2.45) is 0 Å². The monoisotopic (exact) mass is 433 g/mol. The van der Waals surface area contributed by atoms with E-state index in [4.69, 9.17) is 9.05 Å². The van der Waals surface area contributed by atoms with Crippen molar-refractivity contribution in [3.63, 3.8) is 0 Å². The van der Waals surface area contributed by atoms with Crippen molar-refractivity contribution in [1.82, 2.24) is 4.57 Å². The van der Waals surface area contributed by atoms with E-state index in [9.17, 15) is 4.57 Å². The van der Waals surface area contributed by atoms with Crippen molar-refractivity contribution in [3.8, 4) is 5.69 Å². The van der Waals surface area contributed by atoms with E-state index in [1.165, 1.54) is 5.56 Å². The highest BCUT2D eigenvalue weighted by atomic mass is 31.2. The van der Waals surface area contributed by atoms with Gasteiger partial charge in [0.15, 0.2) is 0 Å². The van der Waals surface area contributed by atoms with Crippen molar-refractivity contribution < 1.29 is 13.6 Å². The molecule has 4 aromatic rings. The van der Waals surface area contributed by atoms with Gasteiger partial charge < -0.3 is 13.6 Å². The van der Waals surface area contributed by atoms with E-state index < -0.39 is 7.60 Å². The number of para-hydroxylation sites is 1. The van der Waals surface area contributed by atoms with Crippen molar-refractivity contribution in [1.29, 1.82) is 0 Å². The molecule has 0 bridgehead atoms. The van der Waals surface area contributed by atoms with Crippen LogP contribution in [0.25, 0.3) is 16.5 Å². The Labute approximate surface area is 184 Å². The summed E-state index contributed by atoms with van der Waals surface area (Å²) in [7, 11) is -3.56. The van der Waals surface area contributed by atoms with Gasteiger partial charge in [0.2, 0.25) is 0 Å². The average Bonchev–Trinajstić information content (AvgIpc) is 3.10. The second-order valence-corrected chi connectivity index (χ2v) is 9.37. The molecule has 0 unspecified atom stereocenters. The molecule has 0 aliphatic carbocycles. The number of rotatable bonds is 8. The Balaban J connectivity index is 2.10. The number of hydrogen-bond donors (Lipinski definition) is 0. The molecule has 1 heterocycles. The molecule has 1 aromatic heterocycles. The van der Waals surface area contributed by atoms with Gasteiger partial charge in [-0.3, -0.25) is 4.57 Å². The van der Waals surface area contributed by atoms with Crippen LogP contribution in [0, 0.1) is 6.92 Å². The summed E-state index contributed by atoms with van der Waals surface area (Å²) in [6.07, 6.45) is 0.702. The molecule has 0 aliphatic rings. The fourth-order valence-electron chi connectivity index (χ4n) is 4.11. The molecular weight excluding hydrogens is 405 g/mol. The zero-order valence-electron chi connectivity index (χ0n) is 18.2. The molecule has 0 fully saturated rings. The Bertz CT molecular complexity index is 1220. The predicted octanol–water partition coefficient (Wildman–Crippen LogP) is 6.42. The zero-order chi connectivity index (χ0) is 21.8. The van der Waals surface area contributed by atoms with Crippen molar-refractivity contribution in [2.45, 2.75) is 27.2 Å². The molecule has 0 aliphatic heterocycles. The van der Waals surface area contributed by atoms with E-state index in [0.717, 1.165) is 27.7 Å². The number of fused-ring (bicyclic) bond motifs is 1. The first-order valence-corrected chi connectivity index (χ1v) is 12.2. The van der Waals surface area contributed by atoms with Crippen LogP contribution >= 0.6 is 7.60 Å². The van der Waals surface area contributed by atoms with Crippen LogP contribution in [0.5, 0.6) is 0 Å². The minimum atomic E-state index is -3.56. The van der Waals surface area contributed by atoms with E-state index in [0.29, 0.717) is 25.1 Å². The van der Waals surface area contributed by atoms with Crippen molar-refractivity contribution in [3.05, 3.63) is 95.7 Å². The summed E-state index contributed by atoms with van der Waals surface area (Å²) in [5.41, 5.74) is 4.95. The van der Waals surface area contributed by atoms with Gasteiger partial charge in [0, 0.05) is 28.6 Å². The highest BCUT2D eigenvalue weighted by Gasteiger charge is 2.35. The lowest BCUT2D eigenvalue weighted by Gasteiger charge is -2.22. The lowest BCUT2D eigenvalue weighted by molar-refractivity contribution is 0.229. The number of aryl methyl sites for hydroxylation is 1. The van der Waals surface area contributed by atoms with Crippen LogP contribution in [0.15, 0.2) is 78.9 Å². The second-order valence-electron chi connectivity index (χ2n) is 7.43. The SMILES string of the molecule is CCOP(=O)(OCC)c1c2ccccc2c(Cc2ccccc2)n1-c1ccccc1C. The lowest BCUT2D eigenvalue weighted by Crippen LogP contribution is -2.22. The highest BCUT2D eigenvalue weighted by molar-refractivity contribution is 7.62. The summed E-state index contributed by atoms with van der Waals surface area (Å²) < 4.78 is 27.9. The highest BCUT2D eigenvalue weighted by Crippen LogP contribution is 2.50. The summed E-state index contributed by atoms with van der Waals surface area (Å²) in [4.78, 5) is 0. The third-order valence-corrected chi connectivity index (χ3v) is 7.54. The van der Waals surface area contributed by atoms with Gasteiger partial charge in [0.05, 0.1) is 13.2 Å². The summed E-state index contributed by atoms with van der Waals surface area (Å²) in [6, 6.07) is 26.6. The zero-order valence-corrected chi connectivity index (χ0v) is 19.1. The average molecular weight is 433 g/mol. The predicted molar refractivity (Wildman–Crippen MR) is 128 cm³/mol. The van der Waals surface area contributed by atoms with Gasteiger partial charge in [-0.15, -0.1) is 0 Å². The minimum Gasteiger partial charge on any atom is -0.305 e. The molecule has 4 rings (SSSR count). The summed E-state index contributed by atoms with van der Waals surface area (Å²) in [5, 5.41) is 1.96. The molecule has 0 saturated carbocycles. The van der Waals surface area contributed by atoms with Crippen molar-refractivity contribution in [2.75, 3.05) is 13.2 Å². The molecule has 3 aromatic carbocycles. The summed E-state index contributed by atoms with van der Waals surface area (Å²) >= 11 is 0. The maximum absolute atomic E-state index is 14.1. The first-order chi connectivity index (χ1) is 15.1. The molecule has 0 N–H and O–H groups in total. The van der Waals surface area contributed by atoms with Gasteiger partial charge in [-0.05, 0) is 38.0 Å². The van der Waals surface area contributed by atoms with Crippen LogP contribution in [0.2, 0.25) is 0 Å².